The number of rotatable bonds is 2. The van der Waals surface area contributed by atoms with Gasteiger partial charge in [-0.3, -0.25) is 0 Å². The Balaban J connectivity index is 2.00. The van der Waals surface area contributed by atoms with E-state index in [1.54, 1.807) is 0 Å². The molecule has 0 aliphatic heterocycles. The zero-order valence-corrected chi connectivity index (χ0v) is 13.0. The maximum atomic E-state index is 6.05. The van der Waals surface area contributed by atoms with E-state index in [2.05, 4.69) is 44.9 Å². The molecule has 1 heterocycles. The molecule has 0 saturated heterocycles. The van der Waals surface area contributed by atoms with Gasteiger partial charge in [-0.25, -0.2) is 0 Å². The Morgan fingerprint density at radius 3 is 2.58 bits per heavy atom. The molecule has 96 valence electrons. The number of hydrogen-bond donors (Lipinski definition) is 0. The van der Waals surface area contributed by atoms with Crippen LogP contribution in [0.3, 0.4) is 0 Å². The van der Waals surface area contributed by atoms with Crippen molar-refractivity contribution in [3.05, 3.63) is 68.7 Å². The molecule has 0 amide bonds. The Morgan fingerprint density at radius 2 is 1.79 bits per heavy atom. The van der Waals surface area contributed by atoms with E-state index in [9.17, 15) is 0 Å². The van der Waals surface area contributed by atoms with Crippen molar-refractivity contribution in [2.45, 2.75) is 6.54 Å². The fourth-order valence-corrected chi connectivity index (χ4v) is 2.80. The fraction of sp³-hybridized carbons (Fsp3) is 0.0667. The summed E-state index contributed by atoms with van der Waals surface area (Å²) in [6, 6.07) is 14.1. The third-order valence-corrected chi connectivity index (χ3v) is 4.31. The van der Waals surface area contributed by atoms with Gasteiger partial charge in [-0.2, -0.15) is 0 Å². The second-order valence-corrected chi connectivity index (χ2v) is 6.13. The minimum Gasteiger partial charge on any atom is -0.343 e. The van der Waals surface area contributed by atoms with Gasteiger partial charge in [0.05, 0.1) is 10.0 Å². The van der Waals surface area contributed by atoms with Crippen LogP contribution in [0.4, 0.5) is 0 Å². The SMILES string of the molecule is Clc1ccc(Cn2ccc3ccc(Br)cc32)cc1Cl. The Kier molecular flexibility index (Phi) is 3.57. The normalized spacial score (nSPS) is 11.1. The first-order valence-corrected chi connectivity index (χ1v) is 7.37. The van der Waals surface area contributed by atoms with Crippen LogP contribution in [0.25, 0.3) is 10.9 Å². The summed E-state index contributed by atoms with van der Waals surface area (Å²) in [7, 11) is 0. The monoisotopic (exact) mass is 353 g/mol. The van der Waals surface area contributed by atoms with Gasteiger partial charge < -0.3 is 4.57 Å². The molecule has 0 radical (unpaired) electrons. The summed E-state index contributed by atoms with van der Waals surface area (Å²) in [5.74, 6) is 0. The average Bonchev–Trinajstić information content (AvgIpc) is 2.77. The molecule has 2 aromatic carbocycles. The first kappa shape index (κ1) is 13.0. The second-order valence-electron chi connectivity index (χ2n) is 4.40. The Labute approximate surface area is 129 Å². The first-order valence-electron chi connectivity index (χ1n) is 5.82. The van der Waals surface area contributed by atoms with E-state index in [0.717, 1.165) is 16.6 Å². The second kappa shape index (κ2) is 5.20. The van der Waals surface area contributed by atoms with Crippen LogP contribution in [-0.4, -0.2) is 4.57 Å². The molecule has 3 rings (SSSR count). The zero-order valence-electron chi connectivity index (χ0n) is 9.91. The van der Waals surface area contributed by atoms with Gasteiger partial charge in [0, 0.05) is 22.7 Å². The number of benzene rings is 2. The van der Waals surface area contributed by atoms with Crippen molar-refractivity contribution in [3.63, 3.8) is 0 Å². The summed E-state index contributed by atoms with van der Waals surface area (Å²) < 4.78 is 3.27. The van der Waals surface area contributed by atoms with E-state index in [-0.39, 0.29) is 0 Å². The molecule has 0 atom stereocenters. The molecule has 0 aliphatic rings. The molecule has 1 nitrogen and oxygen atoms in total. The maximum Gasteiger partial charge on any atom is 0.0595 e. The molecule has 0 aliphatic carbocycles. The van der Waals surface area contributed by atoms with Crippen LogP contribution in [0.2, 0.25) is 10.0 Å². The predicted octanol–water partition coefficient (Wildman–Crippen LogP) is 5.76. The topological polar surface area (TPSA) is 4.93 Å². The highest BCUT2D eigenvalue weighted by molar-refractivity contribution is 9.10. The zero-order chi connectivity index (χ0) is 13.4. The lowest BCUT2D eigenvalue weighted by Crippen LogP contribution is -1.97. The van der Waals surface area contributed by atoms with E-state index in [1.165, 1.54) is 10.9 Å². The molecule has 0 N–H and O–H groups in total. The standard InChI is InChI=1S/C15H10BrCl2N/c16-12-3-2-11-5-6-19(15(11)8-12)9-10-1-4-13(17)14(18)7-10/h1-8H,9H2. The minimum atomic E-state index is 0.588. The molecule has 4 heteroatoms. The van der Waals surface area contributed by atoms with Crippen LogP contribution < -0.4 is 0 Å². The lowest BCUT2D eigenvalue weighted by atomic mass is 10.2. The van der Waals surface area contributed by atoms with Crippen molar-refractivity contribution in [2.24, 2.45) is 0 Å². The van der Waals surface area contributed by atoms with E-state index in [0.29, 0.717) is 10.0 Å². The Morgan fingerprint density at radius 1 is 0.947 bits per heavy atom. The van der Waals surface area contributed by atoms with Gasteiger partial charge in [0.25, 0.3) is 0 Å². The lowest BCUT2D eigenvalue weighted by Gasteiger charge is -2.07. The highest BCUT2D eigenvalue weighted by atomic mass is 79.9. The van der Waals surface area contributed by atoms with E-state index >= 15 is 0 Å². The van der Waals surface area contributed by atoms with Gasteiger partial charge in [0.2, 0.25) is 0 Å². The van der Waals surface area contributed by atoms with Gasteiger partial charge in [0.15, 0.2) is 0 Å². The molecule has 0 fully saturated rings. The Hall–Kier alpha value is -0.960. The van der Waals surface area contributed by atoms with Crippen molar-refractivity contribution in [3.8, 4) is 0 Å². The van der Waals surface area contributed by atoms with Crippen LogP contribution in [0.1, 0.15) is 5.56 Å². The van der Waals surface area contributed by atoms with E-state index in [4.69, 9.17) is 23.2 Å². The number of halogens is 3. The summed E-state index contributed by atoms with van der Waals surface area (Å²) in [6.45, 7) is 0.775. The van der Waals surface area contributed by atoms with Crippen LogP contribution in [-0.2, 0) is 6.54 Å². The molecule has 0 spiro atoms. The van der Waals surface area contributed by atoms with Gasteiger partial charge in [0.1, 0.15) is 0 Å². The minimum absolute atomic E-state index is 0.588. The molecule has 0 unspecified atom stereocenters. The highest BCUT2D eigenvalue weighted by Crippen LogP contribution is 2.25. The number of nitrogens with zero attached hydrogens (tertiary/aromatic N) is 1. The lowest BCUT2D eigenvalue weighted by molar-refractivity contribution is 0.837. The van der Waals surface area contributed by atoms with Crippen LogP contribution >= 0.6 is 39.1 Å². The maximum absolute atomic E-state index is 6.05. The van der Waals surface area contributed by atoms with Gasteiger partial charge in [-0.05, 0) is 41.3 Å². The summed E-state index contributed by atoms with van der Waals surface area (Å²) in [5.41, 5.74) is 2.33. The van der Waals surface area contributed by atoms with Gasteiger partial charge in [-0.1, -0.05) is 51.3 Å². The number of aromatic nitrogens is 1. The van der Waals surface area contributed by atoms with Crippen LogP contribution in [0.15, 0.2) is 53.1 Å². The third kappa shape index (κ3) is 2.66. The van der Waals surface area contributed by atoms with Gasteiger partial charge in [-0.15, -0.1) is 0 Å². The quantitative estimate of drug-likeness (QED) is 0.551. The summed E-state index contributed by atoms with van der Waals surface area (Å²) in [5, 5.41) is 2.41. The number of fused-ring (bicyclic) bond motifs is 1. The highest BCUT2D eigenvalue weighted by Gasteiger charge is 2.04. The molecule has 0 bridgehead atoms. The molecule has 3 aromatic rings. The van der Waals surface area contributed by atoms with Crippen molar-refractivity contribution >= 4 is 50.0 Å². The smallest absolute Gasteiger partial charge is 0.0595 e. The largest absolute Gasteiger partial charge is 0.343 e. The Bertz CT molecular complexity index is 749. The number of hydrogen-bond acceptors (Lipinski definition) is 0. The van der Waals surface area contributed by atoms with E-state index < -0.39 is 0 Å². The fourth-order valence-electron chi connectivity index (χ4n) is 2.13. The van der Waals surface area contributed by atoms with Crippen LogP contribution in [0, 0.1) is 0 Å². The van der Waals surface area contributed by atoms with Crippen molar-refractivity contribution in [1.82, 2.24) is 4.57 Å². The summed E-state index contributed by atoms with van der Waals surface area (Å²) in [4.78, 5) is 0. The molecular weight excluding hydrogens is 345 g/mol. The van der Waals surface area contributed by atoms with Crippen molar-refractivity contribution in [2.75, 3.05) is 0 Å². The summed E-state index contributed by atoms with van der Waals surface area (Å²) in [6.07, 6.45) is 2.08. The summed E-state index contributed by atoms with van der Waals surface area (Å²) >= 11 is 15.5. The molecular formula is C15H10BrCl2N. The first-order chi connectivity index (χ1) is 9.13. The van der Waals surface area contributed by atoms with Crippen molar-refractivity contribution < 1.29 is 0 Å². The van der Waals surface area contributed by atoms with E-state index in [1.807, 2.05) is 24.3 Å². The van der Waals surface area contributed by atoms with Crippen LogP contribution in [0.5, 0.6) is 0 Å². The molecule has 0 saturated carbocycles. The van der Waals surface area contributed by atoms with Gasteiger partial charge >= 0.3 is 0 Å². The molecule has 1 aromatic heterocycles. The predicted molar refractivity (Wildman–Crippen MR) is 85.2 cm³/mol. The van der Waals surface area contributed by atoms with Crippen molar-refractivity contribution in [1.29, 1.82) is 0 Å². The third-order valence-electron chi connectivity index (χ3n) is 3.07. The average molecular weight is 355 g/mol. The molecule has 19 heavy (non-hydrogen) atoms.